The van der Waals surface area contributed by atoms with Gasteiger partial charge in [-0.05, 0) is 62.1 Å². The molecule has 0 radical (unpaired) electrons. The van der Waals surface area contributed by atoms with Crippen LogP contribution in [-0.2, 0) is 6.42 Å². The molecule has 1 aliphatic carbocycles. The summed E-state index contributed by atoms with van der Waals surface area (Å²) in [6, 6.07) is 2.82. The molecule has 0 saturated heterocycles. The molecule has 0 spiro atoms. The first kappa shape index (κ1) is 18.6. The van der Waals surface area contributed by atoms with Crippen molar-refractivity contribution in [2.45, 2.75) is 58.3 Å². The van der Waals surface area contributed by atoms with Crippen LogP contribution in [0.1, 0.15) is 63.0 Å². The van der Waals surface area contributed by atoms with E-state index in [4.69, 9.17) is 0 Å². The van der Waals surface area contributed by atoms with E-state index in [1.54, 1.807) is 6.08 Å². The Morgan fingerprint density at radius 1 is 1.08 bits per heavy atom. The summed E-state index contributed by atoms with van der Waals surface area (Å²) in [5.74, 6) is 4.98. The Morgan fingerprint density at radius 3 is 2.33 bits per heavy atom. The number of allylic oxidation sites excluding steroid dienone is 1. The van der Waals surface area contributed by atoms with Crippen LogP contribution in [0.3, 0.4) is 0 Å². The zero-order valence-electron chi connectivity index (χ0n) is 14.3. The highest BCUT2D eigenvalue weighted by Gasteiger charge is 2.18. The molecule has 130 valence electrons. The lowest BCUT2D eigenvalue weighted by atomic mass is 9.82. The molecule has 0 aromatic heterocycles. The van der Waals surface area contributed by atoms with Gasteiger partial charge in [-0.1, -0.05) is 37.7 Å². The second-order valence-corrected chi connectivity index (χ2v) is 6.59. The van der Waals surface area contributed by atoms with Crippen LogP contribution < -0.4 is 0 Å². The second-order valence-electron chi connectivity index (χ2n) is 6.59. The maximum absolute atomic E-state index is 14.1. The molecule has 1 aromatic carbocycles. The predicted molar refractivity (Wildman–Crippen MR) is 92.2 cm³/mol. The van der Waals surface area contributed by atoms with Gasteiger partial charge in [-0.25, -0.2) is 13.2 Å². The fourth-order valence-corrected chi connectivity index (χ4v) is 3.20. The van der Waals surface area contributed by atoms with E-state index >= 15 is 0 Å². The molecular formula is C21H25F3. The van der Waals surface area contributed by atoms with Crippen molar-refractivity contribution >= 4 is 0 Å². The molecule has 0 atom stereocenters. The molecule has 1 fully saturated rings. The molecule has 0 amide bonds. The van der Waals surface area contributed by atoms with Crippen LogP contribution in [0.15, 0.2) is 24.5 Å². The number of hydrogen-bond donors (Lipinski definition) is 0. The van der Waals surface area contributed by atoms with Crippen LogP contribution in [0.5, 0.6) is 0 Å². The summed E-state index contributed by atoms with van der Waals surface area (Å²) in [6.07, 6.45) is 9.41. The minimum absolute atomic E-state index is 0.125. The molecule has 0 N–H and O–H groups in total. The molecule has 1 aliphatic rings. The van der Waals surface area contributed by atoms with Gasteiger partial charge in [0.1, 0.15) is 11.6 Å². The van der Waals surface area contributed by atoms with Gasteiger partial charge in [-0.15, -0.1) is 0 Å². The van der Waals surface area contributed by atoms with Crippen LogP contribution in [0.25, 0.3) is 0 Å². The molecule has 0 nitrogen and oxygen atoms in total. The lowest BCUT2D eigenvalue weighted by Crippen LogP contribution is -2.11. The van der Waals surface area contributed by atoms with Gasteiger partial charge in [0.2, 0.25) is 0 Å². The summed E-state index contributed by atoms with van der Waals surface area (Å²) in [7, 11) is 0. The maximum Gasteiger partial charge on any atom is 0.142 e. The van der Waals surface area contributed by atoms with E-state index in [0.717, 1.165) is 44.9 Å². The quantitative estimate of drug-likeness (QED) is 0.435. The Labute approximate surface area is 143 Å². The zero-order valence-corrected chi connectivity index (χ0v) is 14.3. The number of rotatable bonds is 5. The Bertz CT molecular complexity index is 591. The number of benzene rings is 1. The first-order valence-electron chi connectivity index (χ1n) is 8.90. The number of halogens is 3. The number of hydrogen-bond acceptors (Lipinski definition) is 0. The minimum atomic E-state index is -0.567. The average molecular weight is 334 g/mol. The molecule has 0 unspecified atom stereocenters. The molecule has 0 heterocycles. The van der Waals surface area contributed by atoms with Gasteiger partial charge < -0.3 is 0 Å². The molecular weight excluding hydrogens is 309 g/mol. The third-order valence-electron chi connectivity index (χ3n) is 4.69. The van der Waals surface area contributed by atoms with Crippen LogP contribution in [0, 0.1) is 35.3 Å². The highest BCUT2D eigenvalue weighted by Crippen LogP contribution is 2.29. The SMILES string of the molecule is CCCCCc1cc(F)c(C#CC2CCC(/C=C/F)CC2)c(F)c1. The van der Waals surface area contributed by atoms with E-state index < -0.39 is 11.6 Å². The van der Waals surface area contributed by atoms with Crippen molar-refractivity contribution in [3.63, 3.8) is 0 Å². The predicted octanol–water partition coefficient (Wildman–Crippen LogP) is 6.34. The van der Waals surface area contributed by atoms with Gasteiger partial charge in [-0.3, -0.25) is 0 Å². The fourth-order valence-electron chi connectivity index (χ4n) is 3.20. The normalized spacial score (nSPS) is 20.8. The monoisotopic (exact) mass is 334 g/mol. The minimum Gasteiger partial charge on any atom is -0.216 e. The first-order chi connectivity index (χ1) is 11.6. The molecule has 24 heavy (non-hydrogen) atoms. The third kappa shape index (κ3) is 5.44. The van der Waals surface area contributed by atoms with Gasteiger partial charge in [0, 0.05) is 5.92 Å². The van der Waals surface area contributed by atoms with Crippen LogP contribution >= 0.6 is 0 Å². The summed E-state index contributed by atoms with van der Waals surface area (Å²) >= 11 is 0. The average Bonchev–Trinajstić information content (AvgIpc) is 2.56. The maximum atomic E-state index is 14.1. The lowest BCUT2D eigenvalue weighted by molar-refractivity contribution is 0.362. The van der Waals surface area contributed by atoms with Gasteiger partial charge >= 0.3 is 0 Å². The van der Waals surface area contributed by atoms with Gasteiger partial charge in [0.05, 0.1) is 11.9 Å². The molecule has 2 rings (SSSR count). The van der Waals surface area contributed by atoms with Crippen molar-refractivity contribution < 1.29 is 13.2 Å². The fraction of sp³-hybridized carbons (Fsp3) is 0.524. The standard InChI is InChI=1S/C21H25F3/c1-2-3-4-5-18-14-20(23)19(21(24)15-18)11-10-16-6-8-17(9-7-16)12-13-22/h12-17H,2-9H2,1H3/b13-12+. The first-order valence-corrected chi connectivity index (χ1v) is 8.90. The smallest absolute Gasteiger partial charge is 0.142 e. The van der Waals surface area contributed by atoms with Crippen LogP contribution in [0.4, 0.5) is 13.2 Å². The molecule has 1 saturated carbocycles. The summed E-state index contributed by atoms with van der Waals surface area (Å²) in [5, 5.41) is 0. The summed E-state index contributed by atoms with van der Waals surface area (Å²) in [5.41, 5.74) is 0.572. The second kappa shape index (κ2) is 9.57. The Kier molecular flexibility index (Phi) is 7.43. The molecule has 0 bridgehead atoms. The van der Waals surface area contributed by atoms with E-state index in [1.165, 1.54) is 12.1 Å². The highest BCUT2D eigenvalue weighted by molar-refractivity contribution is 5.39. The number of unbranched alkanes of at least 4 members (excludes halogenated alkanes) is 2. The van der Waals surface area contributed by atoms with Crippen LogP contribution in [0.2, 0.25) is 0 Å². The van der Waals surface area contributed by atoms with E-state index in [2.05, 4.69) is 18.8 Å². The highest BCUT2D eigenvalue weighted by atomic mass is 19.1. The number of aryl methyl sites for hydroxylation is 1. The van der Waals surface area contributed by atoms with Crippen molar-refractivity contribution in [1.82, 2.24) is 0 Å². The van der Waals surface area contributed by atoms with Gasteiger partial charge in [-0.2, -0.15) is 0 Å². The van der Waals surface area contributed by atoms with E-state index in [-0.39, 0.29) is 17.4 Å². The molecule has 1 aromatic rings. The van der Waals surface area contributed by atoms with Crippen molar-refractivity contribution in [1.29, 1.82) is 0 Å². The van der Waals surface area contributed by atoms with Crippen LogP contribution in [-0.4, -0.2) is 0 Å². The Balaban J connectivity index is 2.00. The van der Waals surface area contributed by atoms with Crippen molar-refractivity contribution in [2.24, 2.45) is 11.8 Å². The largest absolute Gasteiger partial charge is 0.216 e. The Hall–Kier alpha value is -1.69. The molecule has 3 heteroatoms. The van der Waals surface area contributed by atoms with E-state index in [0.29, 0.717) is 18.3 Å². The summed E-state index contributed by atoms with van der Waals surface area (Å²) in [6.45, 7) is 2.10. The molecule has 0 aliphatic heterocycles. The van der Waals surface area contributed by atoms with Crippen molar-refractivity contribution in [2.75, 3.05) is 0 Å². The third-order valence-corrected chi connectivity index (χ3v) is 4.69. The van der Waals surface area contributed by atoms with Gasteiger partial charge in [0.15, 0.2) is 0 Å². The van der Waals surface area contributed by atoms with Gasteiger partial charge in [0.25, 0.3) is 0 Å². The Morgan fingerprint density at radius 2 is 1.75 bits per heavy atom. The lowest BCUT2D eigenvalue weighted by Gasteiger charge is -2.22. The van der Waals surface area contributed by atoms with E-state index in [9.17, 15) is 13.2 Å². The topological polar surface area (TPSA) is 0 Å². The van der Waals surface area contributed by atoms with Crippen molar-refractivity contribution in [3.8, 4) is 11.8 Å². The summed E-state index contributed by atoms with van der Waals surface area (Å²) < 4.78 is 40.5. The zero-order chi connectivity index (χ0) is 17.4. The summed E-state index contributed by atoms with van der Waals surface area (Å²) in [4.78, 5) is 0. The van der Waals surface area contributed by atoms with Crippen molar-refractivity contribution in [3.05, 3.63) is 47.3 Å². The van der Waals surface area contributed by atoms with E-state index in [1.807, 2.05) is 0 Å².